The van der Waals surface area contributed by atoms with Gasteiger partial charge < -0.3 is 9.84 Å². The topological polar surface area (TPSA) is 83.9 Å². The van der Waals surface area contributed by atoms with Crippen LogP contribution >= 0.6 is 0 Å². The maximum atomic E-state index is 11.8. The van der Waals surface area contributed by atoms with Crippen molar-refractivity contribution in [2.45, 2.75) is 25.3 Å². The number of carboxylic acids is 1. The molecule has 94 valence electrons. The first kappa shape index (κ1) is 13.4. The molecule has 7 heteroatoms. The van der Waals surface area contributed by atoms with Crippen LogP contribution in [0.4, 0.5) is 0 Å². The van der Waals surface area contributed by atoms with Gasteiger partial charge >= 0.3 is 5.97 Å². The van der Waals surface area contributed by atoms with E-state index < -0.39 is 22.0 Å². The van der Waals surface area contributed by atoms with Crippen LogP contribution in [0.15, 0.2) is 0 Å². The van der Waals surface area contributed by atoms with E-state index in [1.807, 2.05) is 0 Å². The number of ether oxygens (including phenoxy) is 1. The second-order valence-electron chi connectivity index (χ2n) is 3.77. The van der Waals surface area contributed by atoms with Crippen molar-refractivity contribution in [1.29, 1.82) is 0 Å². The predicted molar refractivity (Wildman–Crippen MR) is 57.6 cm³/mol. The molecule has 0 spiro atoms. The summed E-state index contributed by atoms with van der Waals surface area (Å²) in [5.74, 6) is -1.11. The van der Waals surface area contributed by atoms with Crippen LogP contribution in [0, 0.1) is 0 Å². The number of hydrogen-bond acceptors (Lipinski definition) is 4. The number of carboxylic acid groups (broad SMARTS) is 1. The van der Waals surface area contributed by atoms with Crippen LogP contribution in [0.2, 0.25) is 0 Å². The van der Waals surface area contributed by atoms with Gasteiger partial charge in [-0.25, -0.2) is 8.42 Å². The molecule has 1 rings (SSSR count). The molecule has 1 unspecified atom stereocenters. The smallest absolute Gasteiger partial charge is 0.322 e. The Balaban J connectivity index is 2.63. The Morgan fingerprint density at radius 1 is 1.56 bits per heavy atom. The molecule has 1 aliphatic rings. The summed E-state index contributed by atoms with van der Waals surface area (Å²) in [5.41, 5.74) is 0. The third-order valence-corrected chi connectivity index (χ3v) is 4.55. The van der Waals surface area contributed by atoms with Crippen molar-refractivity contribution >= 4 is 16.0 Å². The van der Waals surface area contributed by atoms with Crippen LogP contribution in [0.25, 0.3) is 0 Å². The minimum absolute atomic E-state index is 0.0510. The Morgan fingerprint density at radius 2 is 2.25 bits per heavy atom. The molecule has 1 N–H and O–H groups in total. The molecule has 16 heavy (non-hydrogen) atoms. The Morgan fingerprint density at radius 3 is 2.81 bits per heavy atom. The van der Waals surface area contributed by atoms with Crippen LogP contribution in [-0.4, -0.2) is 55.9 Å². The highest BCUT2D eigenvalue weighted by molar-refractivity contribution is 7.89. The Hall–Kier alpha value is -0.660. The molecule has 0 aromatic rings. The lowest BCUT2D eigenvalue weighted by Gasteiger charge is -2.20. The molecule has 0 aromatic heterocycles. The van der Waals surface area contributed by atoms with Gasteiger partial charge in [0.2, 0.25) is 10.0 Å². The average molecular weight is 251 g/mol. The maximum Gasteiger partial charge on any atom is 0.322 e. The fourth-order valence-electron chi connectivity index (χ4n) is 1.82. The van der Waals surface area contributed by atoms with E-state index in [0.29, 0.717) is 32.4 Å². The standard InChI is InChI=1S/C9H17NO5S/c1-15-6-3-7-16(13,14)10-5-2-4-8(10)9(11)12/h8H,2-7H2,1H3,(H,11,12). The second-order valence-corrected chi connectivity index (χ2v) is 5.81. The van der Waals surface area contributed by atoms with Crippen molar-refractivity contribution in [3.05, 3.63) is 0 Å². The fourth-order valence-corrected chi connectivity index (χ4v) is 3.53. The van der Waals surface area contributed by atoms with E-state index in [2.05, 4.69) is 0 Å². The van der Waals surface area contributed by atoms with Crippen molar-refractivity contribution in [2.75, 3.05) is 26.0 Å². The van der Waals surface area contributed by atoms with E-state index in [4.69, 9.17) is 9.84 Å². The minimum atomic E-state index is -3.45. The van der Waals surface area contributed by atoms with Gasteiger partial charge in [0.25, 0.3) is 0 Å². The quantitative estimate of drug-likeness (QED) is 0.666. The van der Waals surface area contributed by atoms with Crippen LogP contribution in [0.3, 0.4) is 0 Å². The van der Waals surface area contributed by atoms with Crippen molar-refractivity contribution in [1.82, 2.24) is 4.31 Å². The van der Waals surface area contributed by atoms with E-state index in [0.717, 1.165) is 4.31 Å². The third-order valence-electron chi connectivity index (χ3n) is 2.60. The van der Waals surface area contributed by atoms with E-state index in [9.17, 15) is 13.2 Å². The van der Waals surface area contributed by atoms with Crippen LogP contribution in [-0.2, 0) is 19.6 Å². The monoisotopic (exact) mass is 251 g/mol. The number of hydrogen-bond donors (Lipinski definition) is 1. The molecular weight excluding hydrogens is 234 g/mol. The molecule has 0 amide bonds. The van der Waals surface area contributed by atoms with Crippen molar-refractivity contribution in [3.8, 4) is 0 Å². The molecule has 1 atom stereocenters. The lowest BCUT2D eigenvalue weighted by atomic mass is 10.2. The van der Waals surface area contributed by atoms with Gasteiger partial charge in [-0.1, -0.05) is 0 Å². The summed E-state index contributed by atoms with van der Waals surface area (Å²) < 4.78 is 29.5. The summed E-state index contributed by atoms with van der Waals surface area (Å²) in [6.45, 7) is 0.678. The van der Waals surface area contributed by atoms with Gasteiger partial charge in [-0.05, 0) is 19.3 Å². The first-order valence-corrected chi connectivity index (χ1v) is 6.81. The van der Waals surface area contributed by atoms with Crippen molar-refractivity contribution in [2.24, 2.45) is 0 Å². The normalized spacial score (nSPS) is 22.4. The van der Waals surface area contributed by atoms with Gasteiger partial charge in [0.1, 0.15) is 6.04 Å². The highest BCUT2D eigenvalue weighted by Gasteiger charge is 2.38. The minimum Gasteiger partial charge on any atom is -0.480 e. The molecule has 0 saturated carbocycles. The number of aliphatic carboxylic acids is 1. The van der Waals surface area contributed by atoms with Gasteiger partial charge in [0, 0.05) is 20.3 Å². The molecule has 6 nitrogen and oxygen atoms in total. The van der Waals surface area contributed by atoms with Crippen molar-refractivity contribution < 1.29 is 23.1 Å². The Bertz CT molecular complexity index is 340. The summed E-state index contributed by atoms with van der Waals surface area (Å²) in [5, 5.41) is 8.89. The molecule has 0 aromatic carbocycles. The predicted octanol–water partition coefficient (Wildman–Crippen LogP) is -0.0983. The molecule has 0 bridgehead atoms. The molecular formula is C9H17NO5S. The summed E-state index contributed by atoms with van der Waals surface area (Å²) in [7, 11) is -1.95. The molecule has 1 fully saturated rings. The fraction of sp³-hybridized carbons (Fsp3) is 0.889. The SMILES string of the molecule is COCCCS(=O)(=O)N1CCCC1C(=O)O. The average Bonchev–Trinajstić information content (AvgIpc) is 2.66. The molecule has 1 saturated heterocycles. The maximum absolute atomic E-state index is 11.8. The van der Waals surface area contributed by atoms with Crippen LogP contribution in [0.5, 0.6) is 0 Å². The molecule has 0 aliphatic carbocycles. The van der Waals surface area contributed by atoms with Crippen LogP contribution in [0.1, 0.15) is 19.3 Å². The zero-order valence-corrected chi connectivity index (χ0v) is 10.1. The van der Waals surface area contributed by atoms with Gasteiger partial charge in [-0.15, -0.1) is 0 Å². The summed E-state index contributed by atoms with van der Waals surface area (Å²) in [4.78, 5) is 10.9. The highest BCUT2D eigenvalue weighted by atomic mass is 32.2. The summed E-state index contributed by atoms with van der Waals surface area (Å²) in [6.07, 6.45) is 1.40. The molecule has 0 radical (unpaired) electrons. The summed E-state index contributed by atoms with van der Waals surface area (Å²) in [6, 6.07) is -0.882. The van der Waals surface area contributed by atoms with Gasteiger partial charge in [-0.3, -0.25) is 4.79 Å². The number of nitrogens with zero attached hydrogens (tertiary/aromatic N) is 1. The zero-order valence-electron chi connectivity index (χ0n) is 9.26. The zero-order chi connectivity index (χ0) is 12.2. The second kappa shape index (κ2) is 5.60. The first-order chi connectivity index (χ1) is 7.49. The van der Waals surface area contributed by atoms with Crippen molar-refractivity contribution in [3.63, 3.8) is 0 Å². The number of rotatable bonds is 6. The number of carbonyl (C=O) groups is 1. The van der Waals surface area contributed by atoms with E-state index in [1.165, 1.54) is 7.11 Å². The largest absolute Gasteiger partial charge is 0.480 e. The van der Waals surface area contributed by atoms with Crippen LogP contribution < -0.4 is 0 Å². The molecule has 1 aliphatic heterocycles. The highest BCUT2D eigenvalue weighted by Crippen LogP contribution is 2.21. The Kier molecular flexibility index (Phi) is 4.69. The Labute approximate surface area is 95.2 Å². The number of methoxy groups -OCH3 is 1. The van der Waals surface area contributed by atoms with E-state index in [1.54, 1.807) is 0 Å². The first-order valence-electron chi connectivity index (χ1n) is 5.20. The third kappa shape index (κ3) is 3.16. The molecule has 1 heterocycles. The van der Waals surface area contributed by atoms with Gasteiger partial charge in [0.15, 0.2) is 0 Å². The summed E-state index contributed by atoms with van der Waals surface area (Å²) >= 11 is 0. The van der Waals surface area contributed by atoms with E-state index in [-0.39, 0.29) is 5.75 Å². The van der Waals surface area contributed by atoms with Gasteiger partial charge in [0.05, 0.1) is 5.75 Å². The lowest BCUT2D eigenvalue weighted by Crippen LogP contribution is -2.41. The van der Waals surface area contributed by atoms with E-state index >= 15 is 0 Å². The number of sulfonamides is 1. The lowest BCUT2D eigenvalue weighted by molar-refractivity contribution is -0.140. The van der Waals surface area contributed by atoms with Gasteiger partial charge in [-0.2, -0.15) is 4.31 Å².